The van der Waals surface area contributed by atoms with Gasteiger partial charge in [0, 0.05) is 31.2 Å². The number of benzene rings is 8. The zero-order valence-electron chi connectivity index (χ0n) is 38.2. The second kappa shape index (κ2) is 17.7. The van der Waals surface area contributed by atoms with Crippen LogP contribution in [0.15, 0.2) is 218 Å². The van der Waals surface area contributed by atoms with Crippen molar-refractivity contribution in [1.82, 2.24) is 14.5 Å². The number of hydrogen-bond acceptors (Lipinski definition) is 2. The third-order valence-electron chi connectivity index (χ3n) is 11.9. The van der Waals surface area contributed by atoms with Crippen LogP contribution in [0.5, 0.6) is 0 Å². The zero-order valence-corrected chi connectivity index (χ0v) is 39.7. The predicted octanol–water partition coefficient (Wildman–Crippen LogP) is 13.6. The molecule has 0 atom stereocenters. The van der Waals surface area contributed by atoms with E-state index < -0.39 is 18.7 Å². The Morgan fingerprint density at radius 2 is 1.21 bits per heavy atom. The van der Waals surface area contributed by atoms with Gasteiger partial charge in [-0.25, -0.2) is 0 Å². The Hall–Kier alpha value is -6.43. The molecular weight excluding hydrogens is 1000 g/mol. The predicted molar refractivity (Wildman–Crippen MR) is 260 cm³/mol. The fourth-order valence-electron chi connectivity index (χ4n) is 8.82. The minimum atomic E-state index is -1.86. The monoisotopic (exact) mass is 1050 g/mol. The molecule has 0 saturated heterocycles. The first-order valence-corrected chi connectivity index (χ1v) is 28.3. The van der Waals surface area contributed by atoms with E-state index in [1.807, 2.05) is 12.3 Å². The van der Waals surface area contributed by atoms with Crippen LogP contribution in [0.4, 0.5) is 0 Å². The Labute approximate surface area is 391 Å². The van der Waals surface area contributed by atoms with Gasteiger partial charge in [-0.3, -0.25) is 4.98 Å². The van der Waals surface area contributed by atoms with Gasteiger partial charge in [-0.15, -0.1) is 29.3 Å². The number of fused-ring (bicyclic) bond motifs is 4. The molecule has 0 bridgehead atoms. The molecule has 2 heterocycles. The maximum absolute atomic E-state index is 7.65. The summed E-state index contributed by atoms with van der Waals surface area (Å²) in [4.78, 5) is 9.62. The number of nitrogens with zero attached hydrogens (tertiary/aromatic N) is 3. The molecule has 0 spiro atoms. The second-order valence-electron chi connectivity index (χ2n) is 16.6. The maximum Gasteiger partial charge on any atom is 0.0774 e. The Morgan fingerprint density at radius 3 is 1.87 bits per heavy atom. The van der Waals surface area contributed by atoms with Gasteiger partial charge in [-0.05, 0) is 57.6 Å². The first-order valence-electron chi connectivity index (χ1n) is 22.5. The van der Waals surface area contributed by atoms with E-state index in [0.717, 1.165) is 28.1 Å². The Kier molecular flexibility index (Phi) is 10.8. The van der Waals surface area contributed by atoms with Gasteiger partial charge in [-0.1, -0.05) is 145 Å². The Bertz CT molecular complexity index is 3250. The molecule has 1 radical (unpaired) electrons. The van der Waals surface area contributed by atoms with Gasteiger partial charge in [0.2, 0.25) is 0 Å². The first kappa shape index (κ1) is 38.3. The SMILES string of the molecule is [2H]c1[c-]c(-c2cc[c]([Ge]([CH3])([CH3])[CH3])cn2)cc([2H])c1[2H].[Ir].[c-]1cc2c(cc1-c1nc3ccccc3n1-c1ccc(-c3ccccc3)cc1)-c1ccccc1C2(c1ccccc1)c1ccccc1. The van der Waals surface area contributed by atoms with Gasteiger partial charge >= 0.3 is 104 Å². The van der Waals surface area contributed by atoms with E-state index in [1.54, 1.807) is 6.07 Å². The topological polar surface area (TPSA) is 30.7 Å². The minimum absolute atomic E-state index is 0. The summed E-state index contributed by atoms with van der Waals surface area (Å²) in [5, 5.41) is 0. The molecule has 0 aliphatic heterocycles. The summed E-state index contributed by atoms with van der Waals surface area (Å²) in [7, 11) is 0. The van der Waals surface area contributed by atoms with Crippen molar-refractivity contribution in [2.24, 2.45) is 0 Å². The van der Waals surface area contributed by atoms with Crippen molar-refractivity contribution < 1.29 is 24.2 Å². The van der Waals surface area contributed by atoms with Crippen molar-refractivity contribution in [3.63, 3.8) is 0 Å². The summed E-state index contributed by atoms with van der Waals surface area (Å²) in [5.74, 6) is 7.80. The van der Waals surface area contributed by atoms with Crippen molar-refractivity contribution in [3.05, 3.63) is 253 Å². The third kappa shape index (κ3) is 7.85. The number of aromatic nitrogens is 3. The maximum atomic E-state index is 7.65. The van der Waals surface area contributed by atoms with Crippen LogP contribution in [0.3, 0.4) is 0 Å². The quantitative estimate of drug-likeness (QED) is 0.118. The summed E-state index contributed by atoms with van der Waals surface area (Å²) < 4.78 is 26.3. The van der Waals surface area contributed by atoms with Gasteiger partial charge in [0.1, 0.15) is 0 Å². The molecule has 0 N–H and O–H groups in total. The van der Waals surface area contributed by atoms with Gasteiger partial charge in [-0.2, -0.15) is 0 Å². The summed E-state index contributed by atoms with van der Waals surface area (Å²) in [6.45, 7) is 0. The molecule has 0 amide bonds. The number of rotatable bonds is 7. The molecule has 0 saturated carbocycles. The van der Waals surface area contributed by atoms with E-state index in [1.165, 1.54) is 48.9 Å². The average molecular weight is 1050 g/mol. The fourth-order valence-corrected chi connectivity index (χ4v) is 11.0. The van der Waals surface area contributed by atoms with Crippen molar-refractivity contribution in [2.45, 2.75) is 22.7 Å². The Balaban J connectivity index is 0.000000231. The molecular formula is C58H45GeIrN3-2. The van der Waals surface area contributed by atoms with Crippen LogP contribution in [-0.4, -0.2) is 27.8 Å². The number of pyridine rings is 1. The van der Waals surface area contributed by atoms with Gasteiger partial charge in [0.25, 0.3) is 0 Å². The zero-order chi connectivity index (χ0) is 44.7. The van der Waals surface area contributed by atoms with Crippen LogP contribution in [-0.2, 0) is 25.5 Å². The third-order valence-corrected chi connectivity index (χ3v) is 16.1. The summed E-state index contributed by atoms with van der Waals surface area (Å²) >= 11 is -1.86. The largest absolute Gasteiger partial charge is 0.333 e. The van der Waals surface area contributed by atoms with Crippen molar-refractivity contribution in [3.8, 4) is 50.6 Å². The van der Waals surface area contributed by atoms with Crippen molar-refractivity contribution >= 4 is 28.7 Å². The molecule has 11 rings (SSSR count). The van der Waals surface area contributed by atoms with Crippen LogP contribution in [0.25, 0.3) is 61.6 Å². The fraction of sp³-hybridized carbons (Fsp3) is 0.0690. The standard InChI is InChI=1S/C44H29N2.C14H16GeN.Ir/c1-4-14-31(15-5-1)32-24-27-36(28-25-32)46-42-23-13-12-22-41(42)45-43(46)33-26-29-40-38(30-33)37-20-10-11-21-39(37)44(40,34-16-6-2-7-17-34)35-18-8-3-9-19-35;1-15(2,3)13-9-10-14(16-11-13)12-7-5-4-6-8-12;/h1-25,27-30H;4-7,9-11H,1-3H3;/q2*-1;/i;4D,5D,6D;. The van der Waals surface area contributed by atoms with E-state index in [0.29, 0.717) is 11.3 Å². The van der Waals surface area contributed by atoms with E-state index >= 15 is 0 Å². The van der Waals surface area contributed by atoms with E-state index in [9.17, 15) is 0 Å². The number of hydrogen-bond donors (Lipinski definition) is 0. The van der Waals surface area contributed by atoms with Crippen LogP contribution in [0.1, 0.15) is 26.4 Å². The first-order chi connectivity index (χ1) is 31.6. The summed E-state index contributed by atoms with van der Waals surface area (Å²) in [6, 6.07) is 74.8. The molecule has 8 aromatic carbocycles. The molecule has 0 fully saturated rings. The van der Waals surface area contributed by atoms with Crippen LogP contribution in [0.2, 0.25) is 17.3 Å². The van der Waals surface area contributed by atoms with E-state index in [2.05, 4.69) is 221 Å². The second-order valence-corrected chi connectivity index (χ2v) is 27.3. The molecule has 1 aliphatic rings. The van der Waals surface area contributed by atoms with E-state index in [4.69, 9.17) is 9.10 Å². The minimum Gasteiger partial charge on any atom is -0.333 e. The molecule has 10 aromatic rings. The van der Waals surface area contributed by atoms with Crippen LogP contribution >= 0.6 is 0 Å². The van der Waals surface area contributed by atoms with Gasteiger partial charge in [0.15, 0.2) is 0 Å². The van der Waals surface area contributed by atoms with E-state index in [-0.39, 0.29) is 38.2 Å². The molecule has 63 heavy (non-hydrogen) atoms. The number of para-hydroxylation sites is 2. The van der Waals surface area contributed by atoms with Crippen LogP contribution < -0.4 is 4.40 Å². The van der Waals surface area contributed by atoms with Gasteiger partial charge < -0.3 is 4.57 Å². The molecule has 0 unspecified atom stereocenters. The summed E-state index contributed by atoms with van der Waals surface area (Å²) in [6.07, 6.45) is 1.89. The van der Waals surface area contributed by atoms with Crippen molar-refractivity contribution in [2.75, 3.05) is 0 Å². The molecule has 1 aliphatic carbocycles. The Morgan fingerprint density at radius 1 is 0.571 bits per heavy atom. The molecule has 2 aromatic heterocycles. The molecule has 5 heteroatoms. The van der Waals surface area contributed by atoms with Crippen LogP contribution in [0, 0.1) is 12.1 Å². The summed E-state index contributed by atoms with van der Waals surface area (Å²) in [5.41, 5.74) is 14.8. The molecule has 307 valence electrons. The number of imidazole rings is 1. The average Bonchev–Trinajstić information content (AvgIpc) is 3.88. The van der Waals surface area contributed by atoms with Crippen molar-refractivity contribution in [1.29, 1.82) is 0 Å². The smallest absolute Gasteiger partial charge is 0.0774 e. The normalized spacial score (nSPS) is 13.0. The molecule has 3 nitrogen and oxygen atoms in total. The van der Waals surface area contributed by atoms with Gasteiger partial charge in [0.05, 0.1) is 16.9 Å².